The van der Waals surface area contributed by atoms with Gasteiger partial charge in [0.15, 0.2) is 0 Å². The number of hydrogen-bond acceptors (Lipinski definition) is 3. The van der Waals surface area contributed by atoms with E-state index in [0.717, 1.165) is 57.4 Å². The zero-order valence-electron chi connectivity index (χ0n) is 18.9. The van der Waals surface area contributed by atoms with Crippen LogP contribution in [-0.2, 0) is 11.3 Å². The summed E-state index contributed by atoms with van der Waals surface area (Å²) in [5.74, 6) is 0.192. The van der Waals surface area contributed by atoms with Crippen molar-refractivity contribution in [3.05, 3.63) is 35.6 Å². The summed E-state index contributed by atoms with van der Waals surface area (Å²) in [7, 11) is 0. The SMILES string of the molecule is CC1(C)CC(C(=O)N(Cc2cccc(F)c2)C2CCN(C3(C)CCNCC3)CC2)C1. The average molecular weight is 416 g/mol. The van der Waals surface area contributed by atoms with E-state index < -0.39 is 0 Å². The first kappa shape index (κ1) is 21.8. The first-order chi connectivity index (χ1) is 14.3. The lowest BCUT2D eigenvalue weighted by molar-refractivity contribution is -0.147. The third kappa shape index (κ3) is 4.72. The van der Waals surface area contributed by atoms with Gasteiger partial charge in [-0.3, -0.25) is 9.69 Å². The van der Waals surface area contributed by atoms with E-state index in [0.29, 0.717) is 6.54 Å². The van der Waals surface area contributed by atoms with Gasteiger partial charge in [0.1, 0.15) is 5.82 Å². The molecule has 1 saturated carbocycles. The van der Waals surface area contributed by atoms with Crippen LogP contribution < -0.4 is 5.32 Å². The minimum atomic E-state index is -0.224. The standard InChI is InChI=1S/C25H38FN3O/c1-24(2)16-20(17-24)23(30)29(18-19-5-4-6-21(26)15-19)22-7-13-28(14-8-22)25(3)9-11-27-12-10-25/h4-6,15,20,22,27H,7-14,16-18H2,1-3H3. The number of nitrogens with one attached hydrogen (secondary N) is 1. The molecule has 0 radical (unpaired) electrons. The van der Waals surface area contributed by atoms with Crippen molar-refractivity contribution in [1.29, 1.82) is 0 Å². The number of piperidine rings is 2. The predicted octanol–water partition coefficient (Wildman–Crippen LogP) is 4.20. The van der Waals surface area contributed by atoms with Crippen LogP contribution >= 0.6 is 0 Å². The zero-order valence-corrected chi connectivity index (χ0v) is 18.9. The maximum atomic E-state index is 13.8. The van der Waals surface area contributed by atoms with Crippen molar-refractivity contribution in [3.63, 3.8) is 0 Å². The molecular weight excluding hydrogens is 377 g/mol. The predicted molar refractivity (Wildman–Crippen MR) is 119 cm³/mol. The number of halogens is 1. The maximum Gasteiger partial charge on any atom is 0.226 e. The van der Waals surface area contributed by atoms with Gasteiger partial charge in [-0.2, -0.15) is 0 Å². The van der Waals surface area contributed by atoms with E-state index in [9.17, 15) is 9.18 Å². The monoisotopic (exact) mass is 415 g/mol. The van der Waals surface area contributed by atoms with E-state index >= 15 is 0 Å². The van der Waals surface area contributed by atoms with Gasteiger partial charge in [0.05, 0.1) is 0 Å². The molecule has 1 aromatic rings. The zero-order chi connectivity index (χ0) is 21.4. The van der Waals surface area contributed by atoms with Crippen LogP contribution in [0.4, 0.5) is 4.39 Å². The van der Waals surface area contributed by atoms with Crippen molar-refractivity contribution >= 4 is 5.91 Å². The fraction of sp³-hybridized carbons (Fsp3) is 0.720. The summed E-state index contributed by atoms with van der Waals surface area (Å²) in [6.45, 7) is 11.7. The third-order valence-corrected chi connectivity index (χ3v) is 7.82. The van der Waals surface area contributed by atoms with Gasteiger partial charge in [-0.15, -0.1) is 0 Å². The van der Waals surface area contributed by atoms with Crippen LogP contribution in [0, 0.1) is 17.2 Å². The summed E-state index contributed by atoms with van der Waals surface area (Å²) in [6, 6.07) is 7.00. The summed E-state index contributed by atoms with van der Waals surface area (Å²) in [5, 5.41) is 3.47. The van der Waals surface area contributed by atoms with Crippen LogP contribution in [0.25, 0.3) is 0 Å². The van der Waals surface area contributed by atoms with Crippen LogP contribution in [0.5, 0.6) is 0 Å². The van der Waals surface area contributed by atoms with Crippen molar-refractivity contribution in [2.24, 2.45) is 11.3 Å². The molecule has 3 aliphatic rings. The topological polar surface area (TPSA) is 35.6 Å². The Hall–Kier alpha value is -1.46. The van der Waals surface area contributed by atoms with Crippen molar-refractivity contribution in [1.82, 2.24) is 15.1 Å². The lowest BCUT2D eigenvalue weighted by Crippen LogP contribution is -2.58. The van der Waals surface area contributed by atoms with Gasteiger partial charge < -0.3 is 10.2 Å². The molecule has 4 rings (SSSR count). The summed E-state index contributed by atoms with van der Waals surface area (Å²) in [4.78, 5) is 18.2. The second-order valence-electron chi connectivity index (χ2n) is 10.8. The molecule has 166 valence electrons. The fourth-order valence-electron chi connectivity index (χ4n) is 5.90. The Labute approximate surface area is 181 Å². The van der Waals surface area contributed by atoms with Crippen LogP contribution in [0.3, 0.4) is 0 Å². The number of carbonyl (C=O) groups is 1. The van der Waals surface area contributed by atoms with Gasteiger partial charge >= 0.3 is 0 Å². The third-order valence-electron chi connectivity index (χ3n) is 7.82. The Morgan fingerprint density at radius 1 is 1.17 bits per heavy atom. The van der Waals surface area contributed by atoms with Gasteiger partial charge in [-0.25, -0.2) is 4.39 Å². The largest absolute Gasteiger partial charge is 0.335 e. The Kier molecular flexibility index (Phi) is 6.23. The number of nitrogens with zero attached hydrogens (tertiary/aromatic N) is 2. The molecule has 1 amide bonds. The van der Waals surface area contributed by atoms with Crippen LogP contribution in [0.15, 0.2) is 24.3 Å². The number of carbonyl (C=O) groups excluding carboxylic acids is 1. The summed E-state index contributed by atoms with van der Waals surface area (Å²) in [5.41, 5.74) is 1.46. The van der Waals surface area contributed by atoms with E-state index in [1.165, 1.54) is 18.9 Å². The minimum Gasteiger partial charge on any atom is -0.335 e. The summed E-state index contributed by atoms with van der Waals surface area (Å²) >= 11 is 0. The average Bonchev–Trinajstić information content (AvgIpc) is 2.70. The van der Waals surface area contributed by atoms with Crippen molar-refractivity contribution in [2.45, 2.75) is 77.4 Å². The van der Waals surface area contributed by atoms with Gasteiger partial charge in [0.25, 0.3) is 0 Å². The number of hydrogen-bond donors (Lipinski definition) is 1. The van der Waals surface area contributed by atoms with Crippen molar-refractivity contribution in [2.75, 3.05) is 26.2 Å². The Balaban J connectivity index is 1.45. The lowest BCUT2D eigenvalue weighted by Gasteiger charge is -2.50. The van der Waals surface area contributed by atoms with Crippen LogP contribution in [0.2, 0.25) is 0 Å². The highest BCUT2D eigenvalue weighted by molar-refractivity contribution is 5.80. The molecule has 5 heteroatoms. The van der Waals surface area contributed by atoms with E-state index in [-0.39, 0.29) is 34.6 Å². The maximum absolute atomic E-state index is 13.8. The highest BCUT2D eigenvalue weighted by Gasteiger charge is 2.44. The smallest absolute Gasteiger partial charge is 0.226 e. The lowest BCUT2D eigenvalue weighted by atomic mass is 9.64. The van der Waals surface area contributed by atoms with Gasteiger partial charge in [-0.05, 0) is 81.6 Å². The first-order valence-corrected chi connectivity index (χ1v) is 11.8. The van der Waals surface area contributed by atoms with Gasteiger partial charge in [-0.1, -0.05) is 26.0 Å². The molecule has 3 fully saturated rings. The number of likely N-dealkylation sites (tertiary alicyclic amines) is 1. The Morgan fingerprint density at radius 3 is 2.43 bits per heavy atom. The van der Waals surface area contributed by atoms with Crippen LogP contribution in [0.1, 0.15) is 64.9 Å². The molecule has 1 N–H and O–H groups in total. The van der Waals surface area contributed by atoms with Gasteiger partial charge in [0.2, 0.25) is 5.91 Å². The molecule has 0 spiro atoms. The molecule has 1 aromatic carbocycles. The second-order valence-corrected chi connectivity index (χ2v) is 10.8. The molecule has 2 saturated heterocycles. The molecule has 4 nitrogen and oxygen atoms in total. The van der Waals surface area contributed by atoms with Crippen molar-refractivity contribution < 1.29 is 9.18 Å². The molecule has 0 atom stereocenters. The molecular formula is C25H38FN3O. The quantitative estimate of drug-likeness (QED) is 0.783. The summed E-state index contributed by atoms with van der Waals surface area (Å²) in [6.07, 6.45) is 6.35. The van der Waals surface area contributed by atoms with E-state index in [4.69, 9.17) is 0 Å². The number of rotatable bonds is 5. The highest BCUT2D eigenvalue weighted by Crippen LogP contribution is 2.46. The molecule has 30 heavy (non-hydrogen) atoms. The van der Waals surface area contributed by atoms with E-state index in [2.05, 4.69) is 35.9 Å². The Bertz CT molecular complexity index is 743. The molecule has 1 aliphatic carbocycles. The molecule has 0 unspecified atom stereocenters. The normalized spacial score (nSPS) is 24.9. The fourth-order valence-corrected chi connectivity index (χ4v) is 5.90. The van der Waals surface area contributed by atoms with Crippen molar-refractivity contribution in [3.8, 4) is 0 Å². The molecule has 2 heterocycles. The number of benzene rings is 1. The molecule has 0 bridgehead atoms. The van der Waals surface area contributed by atoms with E-state index in [1.807, 2.05) is 6.07 Å². The first-order valence-electron chi connectivity index (χ1n) is 11.8. The minimum absolute atomic E-state index is 0.133. The van der Waals surface area contributed by atoms with Gasteiger partial charge in [0, 0.05) is 37.1 Å². The Morgan fingerprint density at radius 2 is 1.83 bits per heavy atom. The van der Waals surface area contributed by atoms with Crippen LogP contribution in [-0.4, -0.2) is 53.5 Å². The van der Waals surface area contributed by atoms with E-state index in [1.54, 1.807) is 12.1 Å². The second kappa shape index (κ2) is 8.58. The molecule has 0 aromatic heterocycles. The highest BCUT2D eigenvalue weighted by atomic mass is 19.1. The summed E-state index contributed by atoms with van der Waals surface area (Å²) < 4.78 is 13.8. The molecule has 2 aliphatic heterocycles. The number of amides is 1.